The number of nitrogens with zero attached hydrogens (tertiary/aromatic N) is 2. The van der Waals surface area contributed by atoms with E-state index in [-0.39, 0.29) is 48.3 Å². The van der Waals surface area contributed by atoms with Crippen LogP contribution in [0.1, 0.15) is 69.0 Å². The molecular weight excluding hydrogens is 616 g/mol. The van der Waals surface area contributed by atoms with Gasteiger partial charge >= 0.3 is 0 Å². The fourth-order valence-corrected chi connectivity index (χ4v) is 8.52. The van der Waals surface area contributed by atoms with Gasteiger partial charge in [-0.15, -0.1) is 0 Å². The number of hydrogen-bond donors (Lipinski definition) is 1. The minimum Gasteiger partial charge on any atom is -0.489 e. The number of imide groups is 1. The van der Waals surface area contributed by atoms with Crippen LogP contribution in [0.4, 0.5) is 0 Å². The highest BCUT2D eigenvalue weighted by atomic mass is 16.5. The molecule has 8 heteroatoms. The van der Waals surface area contributed by atoms with Crippen molar-refractivity contribution in [2.24, 2.45) is 17.8 Å². The van der Waals surface area contributed by atoms with Gasteiger partial charge < -0.3 is 19.0 Å². The lowest BCUT2D eigenvalue weighted by Crippen LogP contribution is -2.47. The summed E-state index contributed by atoms with van der Waals surface area (Å²) < 4.78 is 18.6. The molecule has 258 valence electrons. The summed E-state index contributed by atoms with van der Waals surface area (Å²) in [5.41, 5.74) is 4.84. The van der Waals surface area contributed by atoms with Crippen molar-refractivity contribution in [2.45, 2.75) is 77.2 Å². The van der Waals surface area contributed by atoms with Crippen molar-refractivity contribution in [3.05, 3.63) is 107 Å². The number of carbonyl (C=O) groups is 2. The summed E-state index contributed by atoms with van der Waals surface area (Å²) in [5, 5.41) is 9.44. The van der Waals surface area contributed by atoms with Gasteiger partial charge in [-0.25, -0.2) is 0 Å². The maximum absolute atomic E-state index is 14.3. The number of hydrogen-bond acceptors (Lipinski definition) is 7. The molecule has 8 nitrogen and oxygen atoms in total. The van der Waals surface area contributed by atoms with Crippen LogP contribution in [0, 0.1) is 17.8 Å². The lowest BCUT2D eigenvalue weighted by molar-refractivity contribution is -0.144. The molecule has 1 aromatic heterocycles. The molecule has 7 rings (SSSR count). The highest BCUT2D eigenvalue weighted by Gasteiger charge is 2.58. The molecule has 0 radical (unpaired) electrons. The first-order valence-corrected chi connectivity index (χ1v) is 18.1. The van der Waals surface area contributed by atoms with Crippen LogP contribution in [0.25, 0.3) is 6.08 Å². The Balaban J connectivity index is 1.08. The standard InChI is InChI=1S/C41H48N2O6/c1-2-9-28(22-33-15-16-34(25-44)49-33)14-17-37-38-30(26-47-32-12-7-4-8-13-32)23-35-39(36(38)27-48-37)41(46)43(40(35)45)31-18-20-42(21-19-31)24-29-10-5-3-6-11-29/h3-8,10-13,15-16,22,31,35-37,39,44H,2,9,14,17-21,23-27H2,1H3/b28-22+/t35-,36+,37-,39-/m1/s1. The first-order valence-electron chi connectivity index (χ1n) is 18.1. The summed E-state index contributed by atoms with van der Waals surface area (Å²) in [6, 6.07) is 23.9. The van der Waals surface area contributed by atoms with Gasteiger partial charge in [0.2, 0.25) is 11.8 Å². The molecule has 0 unspecified atom stereocenters. The van der Waals surface area contributed by atoms with Crippen molar-refractivity contribution in [2.75, 3.05) is 26.3 Å². The maximum atomic E-state index is 14.3. The van der Waals surface area contributed by atoms with Gasteiger partial charge in [0.15, 0.2) is 0 Å². The highest BCUT2D eigenvalue weighted by molar-refractivity contribution is 6.06. The molecule has 3 aliphatic heterocycles. The molecule has 3 fully saturated rings. The van der Waals surface area contributed by atoms with Crippen molar-refractivity contribution in [1.82, 2.24) is 9.80 Å². The number of aliphatic hydroxyl groups excluding tert-OH is 1. The molecule has 0 saturated carbocycles. The van der Waals surface area contributed by atoms with E-state index in [1.165, 1.54) is 16.7 Å². The SMILES string of the molecule is CCC/C(=C\c1ccc(CO)o1)CC[C@H]1OC[C@H]2C1=C(COc1ccccc1)C[C@H]1C(=O)N(C3CCN(Cc4ccccc4)CC3)C(=O)[C@H]12. The third-order valence-electron chi connectivity index (χ3n) is 10.9. The number of likely N-dealkylation sites (tertiary alicyclic amines) is 2. The molecule has 1 N–H and O–H groups in total. The molecule has 0 bridgehead atoms. The summed E-state index contributed by atoms with van der Waals surface area (Å²) in [6.45, 7) is 5.50. The van der Waals surface area contributed by atoms with E-state index in [4.69, 9.17) is 13.9 Å². The van der Waals surface area contributed by atoms with Gasteiger partial charge in [0, 0.05) is 31.6 Å². The molecule has 3 saturated heterocycles. The second-order valence-corrected chi connectivity index (χ2v) is 14.0. The Labute approximate surface area is 289 Å². The molecule has 4 aliphatic rings. The number of rotatable bonds is 13. The third kappa shape index (κ3) is 7.32. The van der Waals surface area contributed by atoms with Gasteiger partial charge in [0.05, 0.1) is 24.5 Å². The van der Waals surface area contributed by atoms with Crippen LogP contribution in [0.3, 0.4) is 0 Å². The Morgan fingerprint density at radius 3 is 2.41 bits per heavy atom. The number of piperidine rings is 1. The molecule has 4 atom stereocenters. The van der Waals surface area contributed by atoms with Gasteiger partial charge in [-0.2, -0.15) is 0 Å². The Kier molecular flexibility index (Phi) is 10.5. The molecule has 1 aliphatic carbocycles. The minimum atomic E-state index is -0.374. The number of para-hydroxylation sites is 1. The number of carbonyl (C=O) groups excluding carboxylic acids is 2. The number of furan rings is 1. The first kappa shape index (κ1) is 33.5. The summed E-state index contributed by atoms with van der Waals surface area (Å²) in [6.07, 6.45) is 7.64. The lowest BCUT2D eigenvalue weighted by Gasteiger charge is -2.36. The van der Waals surface area contributed by atoms with Gasteiger partial charge in [0.1, 0.15) is 30.5 Å². The number of aliphatic hydroxyl groups is 1. The van der Waals surface area contributed by atoms with E-state index in [0.29, 0.717) is 25.4 Å². The number of benzene rings is 2. The fourth-order valence-electron chi connectivity index (χ4n) is 8.52. The Hall–Kier alpha value is -3.98. The summed E-state index contributed by atoms with van der Waals surface area (Å²) in [5.74, 6) is 1.22. The van der Waals surface area contributed by atoms with Crippen LogP contribution < -0.4 is 4.74 Å². The Morgan fingerprint density at radius 1 is 0.939 bits per heavy atom. The maximum Gasteiger partial charge on any atom is 0.234 e. The predicted octanol–water partition coefficient (Wildman–Crippen LogP) is 6.80. The molecule has 2 aromatic carbocycles. The van der Waals surface area contributed by atoms with Gasteiger partial charge in [-0.1, -0.05) is 67.4 Å². The Bertz CT molecular complexity index is 1660. The van der Waals surface area contributed by atoms with Crippen LogP contribution in [0.15, 0.2) is 93.9 Å². The molecule has 0 spiro atoms. The van der Waals surface area contributed by atoms with Crippen LogP contribution in [0.2, 0.25) is 0 Å². The Morgan fingerprint density at radius 2 is 1.69 bits per heavy atom. The number of ether oxygens (including phenoxy) is 2. The van der Waals surface area contributed by atoms with Crippen LogP contribution >= 0.6 is 0 Å². The van der Waals surface area contributed by atoms with Crippen LogP contribution in [0.5, 0.6) is 5.75 Å². The van der Waals surface area contributed by atoms with E-state index in [2.05, 4.69) is 42.2 Å². The largest absolute Gasteiger partial charge is 0.489 e. The van der Waals surface area contributed by atoms with Gasteiger partial charge in [0.25, 0.3) is 0 Å². The lowest BCUT2D eigenvalue weighted by atomic mass is 9.69. The number of amides is 2. The first-order chi connectivity index (χ1) is 24.0. The normalized spacial score (nSPS) is 24.9. The average Bonchev–Trinajstić information content (AvgIpc) is 3.84. The molecule has 3 aromatic rings. The van der Waals surface area contributed by atoms with Crippen molar-refractivity contribution in [3.63, 3.8) is 0 Å². The van der Waals surface area contributed by atoms with E-state index < -0.39 is 0 Å². The van der Waals surface area contributed by atoms with E-state index in [0.717, 1.165) is 75.2 Å². The minimum absolute atomic E-state index is 0.00429. The van der Waals surface area contributed by atoms with Crippen LogP contribution in [-0.4, -0.2) is 65.2 Å². The average molecular weight is 665 g/mol. The van der Waals surface area contributed by atoms with Crippen molar-refractivity contribution < 1.29 is 28.6 Å². The van der Waals surface area contributed by atoms with E-state index in [9.17, 15) is 14.7 Å². The topological polar surface area (TPSA) is 92.4 Å². The van der Waals surface area contributed by atoms with Gasteiger partial charge in [-0.3, -0.25) is 19.4 Å². The zero-order chi connectivity index (χ0) is 33.7. The molecule has 49 heavy (non-hydrogen) atoms. The molecule has 2 amide bonds. The van der Waals surface area contributed by atoms with Crippen molar-refractivity contribution in [3.8, 4) is 5.75 Å². The van der Waals surface area contributed by atoms with Gasteiger partial charge in [-0.05, 0) is 85.6 Å². The van der Waals surface area contributed by atoms with E-state index in [1.807, 2.05) is 42.5 Å². The second kappa shape index (κ2) is 15.3. The third-order valence-corrected chi connectivity index (χ3v) is 10.9. The van der Waals surface area contributed by atoms with E-state index in [1.54, 1.807) is 11.0 Å². The molecule has 4 heterocycles. The second-order valence-electron chi connectivity index (χ2n) is 14.0. The highest BCUT2D eigenvalue weighted by Crippen LogP contribution is 2.50. The fraction of sp³-hybridized carbons (Fsp3) is 0.463. The number of fused-ring (bicyclic) bond motifs is 3. The van der Waals surface area contributed by atoms with Crippen molar-refractivity contribution >= 4 is 17.9 Å². The monoisotopic (exact) mass is 664 g/mol. The molecular formula is C41H48N2O6. The van der Waals surface area contributed by atoms with E-state index >= 15 is 0 Å². The van der Waals surface area contributed by atoms with Crippen LogP contribution in [-0.2, 0) is 27.5 Å². The predicted molar refractivity (Wildman–Crippen MR) is 187 cm³/mol. The summed E-state index contributed by atoms with van der Waals surface area (Å²) in [7, 11) is 0. The number of allylic oxidation sites excluding steroid dienone is 1. The zero-order valence-corrected chi connectivity index (χ0v) is 28.5. The summed E-state index contributed by atoms with van der Waals surface area (Å²) >= 11 is 0. The summed E-state index contributed by atoms with van der Waals surface area (Å²) in [4.78, 5) is 32.5. The van der Waals surface area contributed by atoms with Crippen molar-refractivity contribution in [1.29, 1.82) is 0 Å². The zero-order valence-electron chi connectivity index (χ0n) is 28.5. The smallest absolute Gasteiger partial charge is 0.234 e. The quantitative estimate of drug-likeness (QED) is 0.159.